The zero-order valence-corrected chi connectivity index (χ0v) is 18.5. The average molecular weight is 447 g/mol. The highest BCUT2D eigenvalue weighted by Crippen LogP contribution is 2.29. The predicted octanol–water partition coefficient (Wildman–Crippen LogP) is 4.63. The number of carbonyl (C=O) groups excluding carboxylic acids is 1. The number of nitrogens with zero attached hydrogens (tertiary/aromatic N) is 4. The molecule has 0 unspecified atom stereocenters. The summed E-state index contributed by atoms with van der Waals surface area (Å²) in [5.74, 6) is 0.854. The Balaban J connectivity index is 1.37. The van der Waals surface area contributed by atoms with Crippen LogP contribution in [0.25, 0.3) is 16.9 Å². The number of hydrogen-bond donors (Lipinski definition) is 0. The van der Waals surface area contributed by atoms with Crippen LogP contribution in [0, 0.1) is 0 Å². The van der Waals surface area contributed by atoms with Crippen molar-refractivity contribution in [2.45, 2.75) is 0 Å². The number of fused-ring (bicyclic) bond motifs is 1. The highest BCUT2D eigenvalue weighted by molar-refractivity contribution is 6.30. The van der Waals surface area contributed by atoms with E-state index in [2.05, 4.69) is 11.0 Å². The van der Waals surface area contributed by atoms with E-state index in [0.717, 1.165) is 35.8 Å². The monoisotopic (exact) mass is 446 g/mol. The molecule has 6 nitrogen and oxygen atoms in total. The van der Waals surface area contributed by atoms with Gasteiger partial charge in [0, 0.05) is 49.2 Å². The van der Waals surface area contributed by atoms with E-state index < -0.39 is 0 Å². The molecule has 4 aromatic rings. The molecule has 2 aromatic heterocycles. The minimum Gasteiger partial charge on any atom is -0.495 e. The first-order chi connectivity index (χ1) is 15.6. The first-order valence-electron chi connectivity index (χ1n) is 10.5. The number of amides is 1. The molecule has 0 saturated carbocycles. The van der Waals surface area contributed by atoms with E-state index in [9.17, 15) is 4.79 Å². The summed E-state index contributed by atoms with van der Waals surface area (Å²) in [6.07, 6.45) is 3.85. The Labute approximate surface area is 191 Å². The molecule has 1 amide bonds. The predicted molar refractivity (Wildman–Crippen MR) is 127 cm³/mol. The van der Waals surface area contributed by atoms with Crippen molar-refractivity contribution < 1.29 is 9.53 Å². The summed E-state index contributed by atoms with van der Waals surface area (Å²) in [7, 11) is 1.68. The molecule has 3 heterocycles. The van der Waals surface area contributed by atoms with Crippen LogP contribution in [0.3, 0.4) is 0 Å². The molecule has 2 aromatic carbocycles. The normalized spacial score (nSPS) is 14.1. The number of methoxy groups -OCH3 is 1. The number of benzene rings is 2. The lowest BCUT2D eigenvalue weighted by molar-refractivity contribution is 0.0748. The number of imidazole rings is 1. The molecule has 1 fully saturated rings. The number of hydrogen-bond acceptors (Lipinski definition) is 4. The molecule has 7 heteroatoms. The Bertz CT molecular complexity index is 1260. The number of carbonyl (C=O) groups is 1. The molecule has 5 rings (SSSR count). The van der Waals surface area contributed by atoms with Gasteiger partial charge < -0.3 is 18.9 Å². The third-order valence-corrected chi connectivity index (χ3v) is 6.10. The number of aromatic nitrogens is 2. The minimum atomic E-state index is 0.00327. The lowest BCUT2D eigenvalue weighted by atomic mass is 10.2. The van der Waals surface area contributed by atoms with Crippen LogP contribution >= 0.6 is 11.6 Å². The molecule has 0 bridgehead atoms. The largest absolute Gasteiger partial charge is 0.495 e. The van der Waals surface area contributed by atoms with Gasteiger partial charge in [-0.2, -0.15) is 0 Å². The summed E-state index contributed by atoms with van der Waals surface area (Å²) in [6, 6.07) is 19.3. The lowest BCUT2D eigenvalue weighted by Crippen LogP contribution is -2.49. The Hall–Kier alpha value is -3.51. The number of anilines is 1. The van der Waals surface area contributed by atoms with Crippen LogP contribution in [0.2, 0.25) is 5.02 Å². The van der Waals surface area contributed by atoms with Gasteiger partial charge in [0.1, 0.15) is 11.4 Å². The smallest absolute Gasteiger partial charge is 0.257 e. The number of halogens is 1. The Morgan fingerprint density at radius 2 is 1.72 bits per heavy atom. The number of pyridine rings is 1. The molecular weight excluding hydrogens is 424 g/mol. The zero-order valence-electron chi connectivity index (χ0n) is 17.7. The van der Waals surface area contributed by atoms with Crippen LogP contribution in [0.1, 0.15) is 10.4 Å². The van der Waals surface area contributed by atoms with Crippen LogP contribution in [-0.4, -0.2) is 53.5 Å². The summed E-state index contributed by atoms with van der Waals surface area (Å²) in [6.45, 7) is 2.78. The molecule has 0 aliphatic carbocycles. The molecule has 0 radical (unpaired) electrons. The van der Waals surface area contributed by atoms with E-state index in [4.69, 9.17) is 21.3 Å². The number of rotatable bonds is 4. The number of para-hydroxylation sites is 2. The van der Waals surface area contributed by atoms with Crippen LogP contribution in [0.5, 0.6) is 5.75 Å². The SMILES string of the molecule is COc1ccccc1N1CCN(C(=O)c2cccn3cc(-c4ccc(Cl)cc4)nc23)CC1. The van der Waals surface area contributed by atoms with Crippen molar-refractivity contribution in [3.8, 4) is 17.0 Å². The third-order valence-electron chi connectivity index (χ3n) is 5.85. The molecule has 0 atom stereocenters. The van der Waals surface area contributed by atoms with E-state index in [1.54, 1.807) is 7.11 Å². The maximum atomic E-state index is 13.4. The van der Waals surface area contributed by atoms with Crippen molar-refractivity contribution in [3.05, 3.63) is 83.6 Å². The maximum absolute atomic E-state index is 13.4. The van der Waals surface area contributed by atoms with Crippen molar-refractivity contribution in [3.63, 3.8) is 0 Å². The van der Waals surface area contributed by atoms with E-state index in [1.165, 1.54) is 0 Å². The first kappa shape index (κ1) is 20.4. The van der Waals surface area contributed by atoms with E-state index >= 15 is 0 Å². The third kappa shape index (κ3) is 3.78. The van der Waals surface area contributed by atoms with Crippen molar-refractivity contribution >= 4 is 28.8 Å². The highest BCUT2D eigenvalue weighted by Gasteiger charge is 2.25. The van der Waals surface area contributed by atoms with Gasteiger partial charge in [0.05, 0.1) is 24.1 Å². The molecule has 1 aliphatic rings. The van der Waals surface area contributed by atoms with Gasteiger partial charge in [-0.1, -0.05) is 35.9 Å². The second-order valence-corrected chi connectivity index (χ2v) is 8.17. The van der Waals surface area contributed by atoms with E-state index in [-0.39, 0.29) is 5.91 Å². The van der Waals surface area contributed by atoms with Crippen LogP contribution in [-0.2, 0) is 0 Å². The first-order valence-corrected chi connectivity index (χ1v) is 10.9. The van der Waals surface area contributed by atoms with Gasteiger partial charge in [0.25, 0.3) is 5.91 Å². The van der Waals surface area contributed by atoms with E-state index in [1.807, 2.05) is 76.3 Å². The fourth-order valence-corrected chi connectivity index (χ4v) is 4.28. The van der Waals surface area contributed by atoms with Gasteiger partial charge in [-0.15, -0.1) is 0 Å². The Kier molecular flexibility index (Phi) is 5.45. The molecule has 162 valence electrons. The van der Waals surface area contributed by atoms with Crippen molar-refractivity contribution in [2.75, 3.05) is 38.2 Å². The van der Waals surface area contributed by atoms with Gasteiger partial charge in [-0.05, 0) is 36.4 Å². The Morgan fingerprint density at radius 3 is 2.47 bits per heavy atom. The molecule has 0 spiro atoms. The van der Waals surface area contributed by atoms with Crippen molar-refractivity contribution in [1.29, 1.82) is 0 Å². The average Bonchev–Trinajstić information content (AvgIpc) is 3.28. The van der Waals surface area contributed by atoms with Crippen molar-refractivity contribution in [2.24, 2.45) is 0 Å². The minimum absolute atomic E-state index is 0.00327. The summed E-state index contributed by atoms with van der Waals surface area (Å²) >= 11 is 6.01. The zero-order chi connectivity index (χ0) is 22.1. The maximum Gasteiger partial charge on any atom is 0.257 e. The highest BCUT2D eigenvalue weighted by atomic mass is 35.5. The van der Waals surface area contributed by atoms with E-state index in [0.29, 0.717) is 29.3 Å². The Morgan fingerprint density at radius 1 is 0.969 bits per heavy atom. The summed E-state index contributed by atoms with van der Waals surface area (Å²) in [5.41, 5.74) is 4.10. The summed E-state index contributed by atoms with van der Waals surface area (Å²) < 4.78 is 7.40. The molecule has 0 N–H and O–H groups in total. The number of ether oxygens (including phenoxy) is 1. The summed E-state index contributed by atoms with van der Waals surface area (Å²) in [5, 5.41) is 0.681. The second kappa shape index (κ2) is 8.55. The molecule has 1 aliphatic heterocycles. The lowest BCUT2D eigenvalue weighted by Gasteiger charge is -2.36. The van der Waals surface area contributed by atoms with Crippen LogP contribution in [0.4, 0.5) is 5.69 Å². The topological polar surface area (TPSA) is 50.1 Å². The molecular formula is C25H23ClN4O2. The fraction of sp³-hybridized carbons (Fsp3) is 0.200. The van der Waals surface area contributed by atoms with Gasteiger partial charge in [0.2, 0.25) is 0 Å². The van der Waals surface area contributed by atoms with Gasteiger partial charge >= 0.3 is 0 Å². The van der Waals surface area contributed by atoms with Crippen molar-refractivity contribution in [1.82, 2.24) is 14.3 Å². The van der Waals surface area contributed by atoms with Gasteiger partial charge in [-0.3, -0.25) is 4.79 Å². The van der Waals surface area contributed by atoms with Crippen LogP contribution in [0.15, 0.2) is 73.1 Å². The van der Waals surface area contributed by atoms with Gasteiger partial charge in [0.15, 0.2) is 0 Å². The standard InChI is InChI=1S/C25H23ClN4O2/c1-32-23-7-3-2-6-22(23)28-13-15-29(16-14-28)25(31)20-5-4-12-30-17-21(27-24(20)30)18-8-10-19(26)11-9-18/h2-12,17H,13-16H2,1H3. The van der Waals surface area contributed by atoms with Crippen LogP contribution < -0.4 is 9.64 Å². The quantitative estimate of drug-likeness (QED) is 0.458. The second-order valence-electron chi connectivity index (χ2n) is 7.74. The van der Waals surface area contributed by atoms with Gasteiger partial charge in [-0.25, -0.2) is 4.98 Å². The molecule has 32 heavy (non-hydrogen) atoms. The fourth-order valence-electron chi connectivity index (χ4n) is 4.15. The summed E-state index contributed by atoms with van der Waals surface area (Å²) in [4.78, 5) is 22.3. The molecule has 1 saturated heterocycles. The number of piperazine rings is 1.